The number of nitrogens with one attached hydrogen (secondary N) is 1. The summed E-state index contributed by atoms with van der Waals surface area (Å²) in [5.74, 6) is 0.909. The molecule has 6 nitrogen and oxygen atoms in total. The third-order valence-corrected chi connectivity index (χ3v) is 5.07. The fourth-order valence-electron chi connectivity index (χ4n) is 2.76. The summed E-state index contributed by atoms with van der Waals surface area (Å²) in [6.45, 7) is 5.21. The van der Waals surface area contributed by atoms with Crippen molar-refractivity contribution in [2.75, 3.05) is 36.4 Å². The summed E-state index contributed by atoms with van der Waals surface area (Å²) in [6.07, 6.45) is 1.80. The van der Waals surface area contributed by atoms with Crippen LogP contribution in [0.5, 0.6) is 0 Å². The van der Waals surface area contributed by atoms with Crippen LogP contribution in [0, 0.1) is 11.3 Å². The summed E-state index contributed by atoms with van der Waals surface area (Å²) >= 11 is 1.37. The van der Waals surface area contributed by atoms with Crippen molar-refractivity contribution in [2.45, 2.75) is 13.0 Å². The number of nitrogens with zero attached hydrogens (tertiary/aromatic N) is 4. The Morgan fingerprint density at radius 1 is 1.33 bits per heavy atom. The van der Waals surface area contributed by atoms with Gasteiger partial charge in [0.25, 0.3) is 0 Å². The lowest BCUT2D eigenvalue weighted by Gasteiger charge is -2.37. The highest BCUT2D eigenvalue weighted by Crippen LogP contribution is 2.23. The molecule has 0 unspecified atom stereocenters. The van der Waals surface area contributed by atoms with Crippen molar-refractivity contribution >= 4 is 28.1 Å². The number of amides is 1. The average molecular weight is 341 g/mol. The van der Waals surface area contributed by atoms with Gasteiger partial charge in [0.1, 0.15) is 16.9 Å². The van der Waals surface area contributed by atoms with Gasteiger partial charge < -0.3 is 10.2 Å². The molecule has 0 spiro atoms. The first-order valence-electron chi connectivity index (χ1n) is 7.87. The lowest BCUT2D eigenvalue weighted by molar-refractivity contribution is -0.120. The van der Waals surface area contributed by atoms with E-state index in [1.54, 1.807) is 12.3 Å². The molecular weight excluding hydrogens is 322 g/mol. The molecule has 1 saturated heterocycles. The Balaban J connectivity index is 1.56. The highest BCUT2D eigenvalue weighted by molar-refractivity contribution is 7.14. The number of aromatic nitrogens is 1. The minimum atomic E-state index is -0.232. The first-order valence-corrected chi connectivity index (χ1v) is 8.75. The van der Waals surface area contributed by atoms with Crippen LogP contribution in [0.15, 0.2) is 35.8 Å². The van der Waals surface area contributed by atoms with E-state index in [1.807, 2.05) is 30.5 Å². The zero-order valence-electron chi connectivity index (χ0n) is 13.5. The van der Waals surface area contributed by atoms with Crippen LogP contribution in [-0.2, 0) is 4.79 Å². The van der Waals surface area contributed by atoms with Gasteiger partial charge in [-0.3, -0.25) is 9.69 Å². The molecular formula is C17H19N5OS. The maximum Gasteiger partial charge on any atom is 0.242 e. The van der Waals surface area contributed by atoms with Crippen molar-refractivity contribution in [3.63, 3.8) is 0 Å². The van der Waals surface area contributed by atoms with Gasteiger partial charge in [-0.2, -0.15) is 5.26 Å². The van der Waals surface area contributed by atoms with Crippen LogP contribution in [0.3, 0.4) is 0 Å². The van der Waals surface area contributed by atoms with E-state index in [0.717, 1.165) is 32.0 Å². The second kappa shape index (κ2) is 7.43. The van der Waals surface area contributed by atoms with Gasteiger partial charge in [-0.25, -0.2) is 4.98 Å². The molecule has 124 valence electrons. The standard InChI is InChI=1S/C17H19N5OS/c1-13(16(23)20-17-14(12-18)5-11-24-17)21-7-9-22(10-8-21)15-4-2-3-6-19-15/h2-6,11,13H,7-10H2,1H3,(H,20,23)/t13-/m0/s1. The van der Waals surface area contributed by atoms with Crippen molar-refractivity contribution in [1.82, 2.24) is 9.88 Å². The predicted molar refractivity (Wildman–Crippen MR) is 95.1 cm³/mol. The minimum absolute atomic E-state index is 0.0692. The van der Waals surface area contributed by atoms with Crippen LogP contribution < -0.4 is 10.2 Å². The smallest absolute Gasteiger partial charge is 0.242 e. The van der Waals surface area contributed by atoms with Gasteiger partial charge in [0.15, 0.2) is 0 Å². The van der Waals surface area contributed by atoms with Crippen LogP contribution in [0.25, 0.3) is 0 Å². The third kappa shape index (κ3) is 3.55. The molecule has 0 bridgehead atoms. The summed E-state index contributed by atoms with van der Waals surface area (Å²) in [5.41, 5.74) is 0.514. The minimum Gasteiger partial charge on any atom is -0.354 e. The highest BCUT2D eigenvalue weighted by atomic mass is 32.1. The summed E-state index contributed by atoms with van der Waals surface area (Å²) in [4.78, 5) is 21.2. The monoisotopic (exact) mass is 341 g/mol. The van der Waals surface area contributed by atoms with E-state index in [9.17, 15) is 4.79 Å². The van der Waals surface area contributed by atoms with Crippen molar-refractivity contribution < 1.29 is 4.79 Å². The predicted octanol–water partition coefficient (Wildman–Crippen LogP) is 2.16. The highest BCUT2D eigenvalue weighted by Gasteiger charge is 2.26. The Kier molecular flexibility index (Phi) is 5.08. The second-order valence-electron chi connectivity index (χ2n) is 5.65. The van der Waals surface area contributed by atoms with Crippen molar-refractivity contribution in [3.05, 3.63) is 41.4 Å². The van der Waals surface area contributed by atoms with E-state index >= 15 is 0 Å². The molecule has 3 rings (SSSR count). The lowest BCUT2D eigenvalue weighted by atomic mass is 10.2. The number of thiophene rings is 1. The molecule has 1 fully saturated rings. The molecule has 1 aliphatic heterocycles. The molecule has 2 aromatic rings. The molecule has 1 N–H and O–H groups in total. The maximum absolute atomic E-state index is 12.4. The number of pyridine rings is 1. The Labute approximate surface area is 145 Å². The normalized spacial score (nSPS) is 16.4. The van der Waals surface area contributed by atoms with Crippen molar-refractivity contribution in [2.24, 2.45) is 0 Å². The number of hydrogen-bond acceptors (Lipinski definition) is 6. The van der Waals surface area contributed by atoms with E-state index < -0.39 is 0 Å². The first kappa shape index (κ1) is 16.4. The summed E-state index contributed by atoms with van der Waals surface area (Å²) < 4.78 is 0. The molecule has 7 heteroatoms. The number of piperazine rings is 1. The number of anilines is 2. The number of carbonyl (C=O) groups is 1. The molecule has 3 heterocycles. The van der Waals surface area contributed by atoms with Crippen LogP contribution >= 0.6 is 11.3 Å². The summed E-state index contributed by atoms with van der Waals surface area (Å²) in [7, 11) is 0. The first-order chi connectivity index (χ1) is 11.7. The topological polar surface area (TPSA) is 72.3 Å². The van der Waals surface area contributed by atoms with Gasteiger partial charge in [0.05, 0.1) is 11.6 Å². The SMILES string of the molecule is C[C@@H](C(=O)Nc1sccc1C#N)N1CCN(c2ccccn2)CC1. The third-order valence-electron chi connectivity index (χ3n) is 4.24. The van der Waals surface area contributed by atoms with Crippen LogP contribution in [0.1, 0.15) is 12.5 Å². The quantitative estimate of drug-likeness (QED) is 0.923. The number of carbonyl (C=O) groups excluding carboxylic acids is 1. The Hall–Kier alpha value is -2.43. The molecule has 0 aromatic carbocycles. The van der Waals surface area contributed by atoms with Gasteiger partial charge in [-0.05, 0) is 30.5 Å². The molecule has 0 aliphatic carbocycles. The van der Waals surface area contributed by atoms with E-state index in [0.29, 0.717) is 10.6 Å². The molecule has 2 aromatic heterocycles. The Morgan fingerprint density at radius 3 is 2.79 bits per heavy atom. The maximum atomic E-state index is 12.4. The largest absolute Gasteiger partial charge is 0.354 e. The fraction of sp³-hybridized carbons (Fsp3) is 0.353. The van der Waals surface area contributed by atoms with Crippen LogP contribution in [0.4, 0.5) is 10.8 Å². The molecule has 24 heavy (non-hydrogen) atoms. The number of nitriles is 1. The van der Waals surface area contributed by atoms with Gasteiger partial charge in [-0.15, -0.1) is 11.3 Å². The van der Waals surface area contributed by atoms with Gasteiger partial charge >= 0.3 is 0 Å². The van der Waals surface area contributed by atoms with Gasteiger partial charge in [0, 0.05) is 32.4 Å². The van der Waals surface area contributed by atoms with E-state index in [1.165, 1.54) is 11.3 Å². The average Bonchev–Trinajstić information content (AvgIpc) is 3.09. The number of hydrogen-bond donors (Lipinski definition) is 1. The number of rotatable bonds is 4. The summed E-state index contributed by atoms with van der Waals surface area (Å²) in [5, 5.41) is 14.3. The van der Waals surface area contributed by atoms with E-state index in [2.05, 4.69) is 26.2 Å². The van der Waals surface area contributed by atoms with Gasteiger partial charge in [0.2, 0.25) is 5.91 Å². The lowest BCUT2D eigenvalue weighted by Crippen LogP contribution is -2.53. The molecule has 1 aliphatic rings. The van der Waals surface area contributed by atoms with Crippen LogP contribution in [0.2, 0.25) is 0 Å². The molecule has 0 radical (unpaired) electrons. The second-order valence-corrected chi connectivity index (χ2v) is 6.57. The fourth-order valence-corrected chi connectivity index (χ4v) is 3.50. The zero-order valence-corrected chi connectivity index (χ0v) is 14.3. The Morgan fingerprint density at radius 2 is 2.12 bits per heavy atom. The van der Waals surface area contributed by atoms with E-state index in [4.69, 9.17) is 5.26 Å². The molecule has 1 amide bonds. The van der Waals surface area contributed by atoms with Crippen LogP contribution in [-0.4, -0.2) is 48.0 Å². The van der Waals surface area contributed by atoms with Crippen molar-refractivity contribution in [3.8, 4) is 6.07 Å². The summed E-state index contributed by atoms with van der Waals surface area (Å²) in [6, 6.07) is 9.48. The Bertz CT molecular complexity index is 731. The zero-order chi connectivity index (χ0) is 16.9. The van der Waals surface area contributed by atoms with Gasteiger partial charge in [-0.1, -0.05) is 6.07 Å². The molecule has 0 saturated carbocycles. The van der Waals surface area contributed by atoms with Crippen molar-refractivity contribution in [1.29, 1.82) is 5.26 Å². The molecule has 1 atom stereocenters. The van der Waals surface area contributed by atoms with E-state index in [-0.39, 0.29) is 11.9 Å².